The lowest BCUT2D eigenvalue weighted by atomic mass is 9.98. The third kappa shape index (κ3) is 6.51. The van der Waals surface area contributed by atoms with Crippen molar-refractivity contribution in [2.45, 2.75) is 103 Å². The Morgan fingerprint density at radius 3 is 2.10 bits per heavy atom. The van der Waals surface area contributed by atoms with Crippen molar-refractivity contribution < 1.29 is 18.6 Å². The molecule has 1 saturated carbocycles. The Bertz CT molecular complexity index is 729. The van der Waals surface area contributed by atoms with E-state index < -0.39 is 8.32 Å². The van der Waals surface area contributed by atoms with Crippen molar-refractivity contribution in [3.8, 4) is 23.8 Å². The van der Waals surface area contributed by atoms with E-state index in [9.17, 15) is 0 Å². The standard InChI is InChI=1S/C26H42O4Si/c1-10-11-16-22(29-21-14-12-13-15-21)25(30-31(8,9)26(3,4)5)20-17-23(27-6)19(2)24(18-20)28-7/h1,17-18,21-22,25H,11-16H2,2-9H3/t22-,25+/m0/s1. The van der Waals surface area contributed by atoms with Crippen LogP contribution in [-0.2, 0) is 9.16 Å². The van der Waals surface area contributed by atoms with Gasteiger partial charge in [-0.1, -0.05) is 33.6 Å². The summed E-state index contributed by atoms with van der Waals surface area (Å²) in [6, 6.07) is 4.16. The van der Waals surface area contributed by atoms with Gasteiger partial charge in [-0.05, 0) is 62.0 Å². The van der Waals surface area contributed by atoms with Gasteiger partial charge in [0.15, 0.2) is 8.32 Å². The Morgan fingerprint density at radius 2 is 1.65 bits per heavy atom. The number of hydrogen-bond donors (Lipinski definition) is 0. The third-order valence-corrected chi connectivity index (χ3v) is 11.4. The van der Waals surface area contributed by atoms with Crippen LogP contribution >= 0.6 is 0 Å². The second kappa shape index (κ2) is 10.9. The lowest BCUT2D eigenvalue weighted by molar-refractivity contribution is -0.0739. The highest BCUT2D eigenvalue weighted by atomic mass is 28.4. The quantitative estimate of drug-likeness (QED) is 0.292. The molecule has 0 bridgehead atoms. The van der Waals surface area contributed by atoms with Crippen LogP contribution in [0.1, 0.15) is 76.5 Å². The van der Waals surface area contributed by atoms with E-state index in [2.05, 4.69) is 51.9 Å². The molecule has 1 aromatic rings. The predicted molar refractivity (Wildman–Crippen MR) is 131 cm³/mol. The van der Waals surface area contributed by atoms with Gasteiger partial charge in [0.1, 0.15) is 11.5 Å². The molecule has 0 spiro atoms. The molecule has 0 aromatic heterocycles. The van der Waals surface area contributed by atoms with E-state index in [0.717, 1.165) is 41.9 Å². The molecule has 1 fully saturated rings. The Labute approximate surface area is 191 Å². The first-order valence-electron chi connectivity index (χ1n) is 11.5. The summed E-state index contributed by atoms with van der Waals surface area (Å²) in [5.41, 5.74) is 2.01. The van der Waals surface area contributed by atoms with Crippen LogP contribution in [0.2, 0.25) is 18.1 Å². The van der Waals surface area contributed by atoms with Crippen LogP contribution in [0.5, 0.6) is 11.5 Å². The Kier molecular flexibility index (Phi) is 9.06. The predicted octanol–water partition coefficient (Wildman–Crippen LogP) is 6.82. The van der Waals surface area contributed by atoms with Gasteiger partial charge in [0.2, 0.25) is 0 Å². The van der Waals surface area contributed by atoms with Crippen molar-refractivity contribution >= 4 is 8.32 Å². The van der Waals surface area contributed by atoms with Crippen LogP contribution in [-0.4, -0.2) is 34.7 Å². The summed E-state index contributed by atoms with van der Waals surface area (Å²) in [5.74, 6) is 4.40. The lowest BCUT2D eigenvalue weighted by Crippen LogP contribution is -2.44. The Morgan fingerprint density at radius 1 is 1.10 bits per heavy atom. The molecule has 1 aliphatic rings. The van der Waals surface area contributed by atoms with Crippen LogP contribution in [0.25, 0.3) is 0 Å². The first-order chi connectivity index (χ1) is 14.5. The van der Waals surface area contributed by atoms with Crippen molar-refractivity contribution in [3.05, 3.63) is 23.3 Å². The molecule has 0 unspecified atom stereocenters. The minimum absolute atomic E-state index is 0.0775. The minimum atomic E-state index is -2.09. The molecule has 2 atom stereocenters. The monoisotopic (exact) mass is 446 g/mol. The van der Waals surface area contributed by atoms with Gasteiger partial charge in [0, 0.05) is 12.0 Å². The highest BCUT2D eigenvalue weighted by molar-refractivity contribution is 6.74. The molecule has 1 aliphatic carbocycles. The van der Waals surface area contributed by atoms with Crippen LogP contribution < -0.4 is 9.47 Å². The first-order valence-corrected chi connectivity index (χ1v) is 14.4. The van der Waals surface area contributed by atoms with E-state index >= 15 is 0 Å². The lowest BCUT2D eigenvalue weighted by Gasteiger charge is -2.42. The van der Waals surface area contributed by atoms with Gasteiger partial charge in [-0.3, -0.25) is 0 Å². The average Bonchev–Trinajstić information content (AvgIpc) is 3.22. The fraction of sp³-hybridized carbons (Fsp3) is 0.692. The number of rotatable bonds is 10. The van der Waals surface area contributed by atoms with Gasteiger partial charge in [-0.2, -0.15) is 0 Å². The number of ether oxygens (including phenoxy) is 3. The molecule has 174 valence electrons. The summed E-state index contributed by atoms with van der Waals surface area (Å²) < 4.78 is 25.1. The molecule has 0 heterocycles. The van der Waals surface area contributed by atoms with Gasteiger partial charge in [0.25, 0.3) is 0 Å². The third-order valence-electron chi connectivity index (χ3n) is 6.91. The molecule has 2 rings (SSSR count). The largest absolute Gasteiger partial charge is 0.496 e. The van der Waals surface area contributed by atoms with Crippen LogP contribution in [0.4, 0.5) is 0 Å². The second-order valence-electron chi connectivity index (χ2n) is 10.2. The summed E-state index contributed by atoms with van der Waals surface area (Å²) in [6.45, 7) is 13.4. The van der Waals surface area contributed by atoms with Gasteiger partial charge < -0.3 is 18.6 Å². The van der Waals surface area contributed by atoms with Crippen molar-refractivity contribution in [2.24, 2.45) is 0 Å². The van der Waals surface area contributed by atoms with Crippen LogP contribution in [0, 0.1) is 19.3 Å². The number of methoxy groups -OCH3 is 2. The van der Waals surface area contributed by atoms with Gasteiger partial charge in [0.05, 0.1) is 32.5 Å². The molecule has 4 nitrogen and oxygen atoms in total. The molecule has 5 heteroatoms. The van der Waals surface area contributed by atoms with Crippen molar-refractivity contribution in [3.63, 3.8) is 0 Å². The molecule has 0 N–H and O–H groups in total. The fourth-order valence-electron chi connectivity index (χ4n) is 3.91. The maximum absolute atomic E-state index is 7.03. The minimum Gasteiger partial charge on any atom is -0.496 e. The first kappa shape index (κ1) is 25.8. The topological polar surface area (TPSA) is 36.9 Å². The van der Waals surface area contributed by atoms with Crippen molar-refractivity contribution in [1.82, 2.24) is 0 Å². The molecular formula is C26H42O4Si. The molecular weight excluding hydrogens is 404 g/mol. The molecule has 1 aromatic carbocycles. The zero-order valence-corrected chi connectivity index (χ0v) is 21.8. The summed E-state index contributed by atoms with van der Waals surface area (Å²) in [7, 11) is 1.30. The summed E-state index contributed by atoms with van der Waals surface area (Å²) in [5, 5.41) is 0.0775. The Hall–Kier alpha value is -1.48. The molecule has 0 saturated heterocycles. The SMILES string of the molecule is C#CCC[C@H](OC1CCCC1)[C@H](O[Si](C)(C)C(C)(C)C)c1cc(OC)c(C)c(OC)c1. The maximum Gasteiger partial charge on any atom is 0.193 e. The van der Waals surface area contributed by atoms with Crippen LogP contribution in [0.3, 0.4) is 0 Å². The smallest absolute Gasteiger partial charge is 0.193 e. The van der Waals surface area contributed by atoms with Gasteiger partial charge in [-0.15, -0.1) is 12.3 Å². The highest BCUT2D eigenvalue weighted by Gasteiger charge is 2.42. The van der Waals surface area contributed by atoms with E-state index in [1.807, 2.05) is 6.92 Å². The number of terminal acetylenes is 1. The molecule has 0 radical (unpaired) electrons. The summed E-state index contributed by atoms with van der Waals surface area (Å²) >= 11 is 0. The second-order valence-corrected chi connectivity index (χ2v) is 14.9. The summed E-state index contributed by atoms with van der Waals surface area (Å²) in [4.78, 5) is 0. The van der Waals surface area contributed by atoms with Crippen LogP contribution in [0.15, 0.2) is 12.1 Å². The van der Waals surface area contributed by atoms with E-state index in [4.69, 9.17) is 25.1 Å². The van der Waals surface area contributed by atoms with E-state index in [0.29, 0.717) is 6.42 Å². The summed E-state index contributed by atoms with van der Waals surface area (Å²) in [6.07, 6.45) is 11.7. The normalized spacial score (nSPS) is 17.3. The fourth-order valence-corrected chi connectivity index (χ4v) is 5.19. The number of hydrogen-bond acceptors (Lipinski definition) is 4. The average molecular weight is 447 g/mol. The van der Waals surface area contributed by atoms with Gasteiger partial charge in [-0.25, -0.2) is 0 Å². The van der Waals surface area contributed by atoms with E-state index in [-0.39, 0.29) is 23.4 Å². The zero-order chi connectivity index (χ0) is 23.2. The van der Waals surface area contributed by atoms with E-state index in [1.165, 1.54) is 12.8 Å². The molecule has 0 aliphatic heterocycles. The zero-order valence-electron chi connectivity index (χ0n) is 20.8. The number of benzene rings is 1. The molecule has 31 heavy (non-hydrogen) atoms. The maximum atomic E-state index is 7.03. The molecule has 0 amide bonds. The van der Waals surface area contributed by atoms with Crippen molar-refractivity contribution in [2.75, 3.05) is 14.2 Å². The van der Waals surface area contributed by atoms with Crippen molar-refractivity contribution in [1.29, 1.82) is 0 Å². The van der Waals surface area contributed by atoms with Gasteiger partial charge >= 0.3 is 0 Å². The van der Waals surface area contributed by atoms with E-state index in [1.54, 1.807) is 14.2 Å². The highest BCUT2D eigenvalue weighted by Crippen LogP contribution is 2.44. The Balaban J connectivity index is 2.53.